The molecular weight excluding hydrogens is 516 g/mol. The molecule has 1 unspecified atom stereocenters. The summed E-state index contributed by atoms with van der Waals surface area (Å²) in [6.45, 7) is 18.3. The summed E-state index contributed by atoms with van der Waals surface area (Å²) >= 11 is 0. The fourth-order valence-corrected chi connectivity index (χ4v) is 4.94. The molecule has 41 heavy (non-hydrogen) atoms. The van der Waals surface area contributed by atoms with Gasteiger partial charge >= 0.3 is 17.9 Å². The summed E-state index contributed by atoms with van der Waals surface area (Å²) in [5, 5.41) is 0. The number of rotatable bonds is 9. The lowest BCUT2D eigenvalue weighted by Crippen LogP contribution is -2.11. The van der Waals surface area contributed by atoms with Crippen molar-refractivity contribution in [3.8, 4) is 33.8 Å². The topological polar surface area (TPSA) is 78.9 Å². The number of carbonyl (C=O) groups excluding carboxylic acids is 3. The van der Waals surface area contributed by atoms with E-state index in [1.54, 1.807) is 26.0 Å². The summed E-state index contributed by atoms with van der Waals surface area (Å²) in [5.74, 6) is -0.906. The molecule has 4 rings (SSSR count). The Morgan fingerprint density at radius 2 is 1.51 bits per heavy atom. The van der Waals surface area contributed by atoms with E-state index in [9.17, 15) is 14.4 Å². The van der Waals surface area contributed by atoms with Crippen LogP contribution in [0, 0.1) is 13.8 Å². The van der Waals surface area contributed by atoms with Gasteiger partial charge in [0.2, 0.25) is 0 Å². The van der Waals surface area contributed by atoms with Crippen LogP contribution in [0.2, 0.25) is 0 Å². The normalized spacial score (nSPS) is 13.6. The molecule has 0 N–H and O–H groups in total. The van der Waals surface area contributed by atoms with Crippen LogP contribution in [0.4, 0.5) is 0 Å². The number of esters is 3. The van der Waals surface area contributed by atoms with Gasteiger partial charge in [0.15, 0.2) is 0 Å². The SMILES string of the molecule is C=CC(=O)OCC1CCc2ccc(-c3cc(C)c(-c4ccc(OC(=O)C(=C)C)cc4OC(=O)C(=C)C)cc3C)cc21. The summed E-state index contributed by atoms with van der Waals surface area (Å²) in [7, 11) is 0. The van der Waals surface area contributed by atoms with Crippen molar-refractivity contribution >= 4 is 17.9 Å². The van der Waals surface area contributed by atoms with E-state index in [1.165, 1.54) is 23.3 Å². The molecule has 0 aliphatic heterocycles. The zero-order valence-corrected chi connectivity index (χ0v) is 24.0. The molecule has 3 aromatic carbocycles. The third-order valence-electron chi connectivity index (χ3n) is 7.18. The maximum atomic E-state index is 12.5. The number of fused-ring (bicyclic) bond motifs is 1. The number of benzene rings is 3. The third kappa shape index (κ3) is 6.55. The Hall–Kier alpha value is -4.71. The van der Waals surface area contributed by atoms with Crippen molar-refractivity contribution in [1.82, 2.24) is 0 Å². The molecule has 210 valence electrons. The van der Waals surface area contributed by atoms with Gasteiger partial charge in [-0.25, -0.2) is 14.4 Å². The molecular formula is C35H34O6. The molecule has 0 saturated carbocycles. The van der Waals surface area contributed by atoms with Crippen LogP contribution in [0.1, 0.15) is 48.4 Å². The largest absolute Gasteiger partial charge is 0.462 e. The van der Waals surface area contributed by atoms with Crippen LogP contribution in [0.3, 0.4) is 0 Å². The maximum Gasteiger partial charge on any atom is 0.338 e. The second-order valence-corrected chi connectivity index (χ2v) is 10.5. The van der Waals surface area contributed by atoms with E-state index in [-0.39, 0.29) is 28.6 Å². The van der Waals surface area contributed by atoms with Crippen LogP contribution in [0.15, 0.2) is 85.5 Å². The van der Waals surface area contributed by atoms with Crippen LogP contribution in [0.5, 0.6) is 11.5 Å². The number of hydrogen-bond acceptors (Lipinski definition) is 6. The molecule has 1 aliphatic carbocycles. The van der Waals surface area contributed by atoms with Crippen molar-refractivity contribution < 1.29 is 28.6 Å². The molecule has 0 saturated heterocycles. The van der Waals surface area contributed by atoms with E-state index in [1.807, 2.05) is 13.8 Å². The van der Waals surface area contributed by atoms with Gasteiger partial charge in [0, 0.05) is 34.8 Å². The molecule has 6 heteroatoms. The molecule has 0 aromatic heterocycles. The quantitative estimate of drug-likeness (QED) is 0.157. The minimum absolute atomic E-state index is 0.151. The molecule has 1 atom stereocenters. The Morgan fingerprint density at radius 1 is 0.854 bits per heavy atom. The number of carbonyl (C=O) groups is 3. The second kappa shape index (κ2) is 12.2. The summed E-state index contributed by atoms with van der Waals surface area (Å²) in [6.07, 6.45) is 3.07. The zero-order chi connectivity index (χ0) is 29.8. The first kappa shape index (κ1) is 29.3. The van der Waals surface area contributed by atoms with E-state index in [0.29, 0.717) is 12.2 Å². The lowest BCUT2D eigenvalue weighted by Gasteiger charge is -2.18. The van der Waals surface area contributed by atoms with Crippen molar-refractivity contribution in [2.45, 2.75) is 46.5 Å². The monoisotopic (exact) mass is 550 g/mol. The number of ether oxygens (including phenoxy) is 3. The van der Waals surface area contributed by atoms with Gasteiger partial charge in [-0.05, 0) is 91.6 Å². The average Bonchev–Trinajstić information content (AvgIpc) is 3.35. The fourth-order valence-electron chi connectivity index (χ4n) is 4.94. The van der Waals surface area contributed by atoms with Crippen molar-refractivity contribution in [2.75, 3.05) is 6.61 Å². The van der Waals surface area contributed by atoms with Crippen molar-refractivity contribution in [2.24, 2.45) is 0 Å². The molecule has 0 fully saturated rings. The van der Waals surface area contributed by atoms with Crippen LogP contribution < -0.4 is 9.47 Å². The summed E-state index contributed by atoms with van der Waals surface area (Å²) in [5.41, 5.74) is 8.71. The maximum absolute atomic E-state index is 12.5. The summed E-state index contributed by atoms with van der Waals surface area (Å²) < 4.78 is 16.4. The molecule has 0 bridgehead atoms. The molecule has 0 heterocycles. The highest BCUT2D eigenvalue weighted by Crippen LogP contribution is 2.41. The van der Waals surface area contributed by atoms with Gasteiger partial charge < -0.3 is 14.2 Å². The average molecular weight is 551 g/mol. The highest BCUT2D eigenvalue weighted by atomic mass is 16.5. The van der Waals surface area contributed by atoms with Gasteiger partial charge in [0.25, 0.3) is 0 Å². The fraction of sp³-hybridized carbons (Fsp3) is 0.229. The van der Waals surface area contributed by atoms with Gasteiger partial charge in [-0.3, -0.25) is 0 Å². The van der Waals surface area contributed by atoms with Crippen molar-refractivity contribution in [1.29, 1.82) is 0 Å². The Balaban J connectivity index is 1.71. The highest BCUT2D eigenvalue weighted by molar-refractivity contribution is 5.92. The highest BCUT2D eigenvalue weighted by Gasteiger charge is 2.25. The summed E-state index contributed by atoms with van der Waals surface area (Å²) in [6, 6.07) is 15.6. The van der Waals surface area contributed by atoms with Crippen LogP contribution in [-0.2, 0) is 25.5 Å². The zero-order valence-electron chi connectivity index (χ0n) is 24.0. The molecule has 6 nitrogen and oxygen atoms in total. The predicted molar refractivity (Wildman–Crippen MR) is 160 cm³/mol. The third-order valence-corrected chi connectivity index (χ3v) is 7.18. The minimum atomic E-state index is -0.577. The predicted octanol–water partition coefficient (Wildman–Crippen LogP) is 7.36. The van der Waals surface area contributed by atoms with Gasteiger partial charge in [-0.15, -0.1) is 0 Å². The Kier molecular flexibility index (Phi) is 8.72. The van der Waals surface area contributed by atoms with E-state index in [0.717, 1.165) is 40.7 Å². The van der Waals surface area contributed by atoms with Crippen LogP contribution in [-0.4, -0.2) is 24.5 Å². The van der Waals surface area contributed by atoms with Crippen molar-refractivity contribution in [3.63, 3.8) is 0 Å². The first-order valence-electron chi connectivity index (χ1n) is 13.4. The van der Waals surface area contributed by atoms with Crippen LogP contribution in [0.25, 0.3) is 22.3 Å². The van der Waals surface area contributed by atoms with Gasteiger partial charge in [0.1, 0.15) is 11.5 Å². The summed E-state index contributed by atoms with van der Waals surface area (Å²) in [4.78, 5) is 36.2. The Morgan fingerprint density at radius 3 is 2.20 bits per heavy atom. The minimum Gasteiger partial charge on any atom is -0.462 e. The Bertz CT molecular complexity index is 1590. The first-order chi connectivity index (χ1) is 19.5. The molecule has 0 spiro atoms. The molecule has 0 amide bonds. The molecule has 0 radical (unpaired) electrons. The standard InChI is InChI=1S/C35H34O6/c1-8-33(36)39-19-26-12-10-24-9-11-25(17-31(24)26)29-15-23(7)30(16-22(29)6)28-14-13-27(40-34(37)20(2)3)18-32(28)41-35(38)21(4)5/h8-9,11,13-18,26H,1-2,4,10,12,19H2,3,5-7H3. The van der Waals surface area contributed by atoms with E-state index < -0.39 is 17.9 Å². The number of aryl methyl sites for hydroxylation is 3. The van der Waals surface area contributed by atoms with Gasteiger partial charge in [-0.2, -0.15) is 0 Å². The van der Waals surface area contributed by atoms with E-state index in [2.05, 4.69) is 50.1 Å². The second-order valence-electron chi connectivity index (χ2n) is 10.5. The number of hydrogen-bond donors (Lipinski definition) is 0. The first-order valence-corrected chi connectivity index (χ1v) is 13.4. The lowest BCUT2D eigenvalue weighted by molar-refractivity contribution is -0.138. The Labute approximate surface area is 241 Å². The van der Waals surface area contributed by atoms with Gasteiger partial charge in [-0.1, -0.05) is 50.1 Å². The lowest BCUT2D eigenvalue weighted by atomic mass is 9.89. The molecule has 3 aromatic rings. The van der Waals surface area contributed by atoms with Crippen molar-refractivity contribution in [3.05, 3.63) is 108 Å². The van der Waals surface area contributed by atoms with Crippen LogP contribution >= 0.6 is 0 Å². The van der Waals surface area contributed by atoms with E-state index >= 15 is 0 Å². The molecule has 1 aliphatic rings. The smallest absolute Gasteiger partial charge is 0.338 e. The van der Waals surface area contributed by atoms with Gasteiger partial charge in [0.05, 0.1) is 6.61 Å². The van der Waals surface area contributed by atoms with E-state index in [4.69, 9.17) is 14.2 Å².